The number of aromatic nitrogens is 2. The molecule has 1 aliphatic heterocycles. The fourth-order valence-corrected chi connectivity index (χ4v) is 4.32. The minimum Gasteiger partial charge on any atom is -0.508 e. The van der Waals surface area contributed by atoms with Gasteiger partial charge in [0.1, 0.15) is 24.4 Å². The Hall–Kier alpha value is -4.11. The first-order valence-electron chi connectivity index (χ1n) is 12.1. The van der Waals surface area contributed by atoms with Gasteiger partial charge in [0.15, 0.2) is 0 Å². The number of nitrogens with two attached hydrogens (primary N) is 1. The highest BCUT2D eigenvalue weighted by Crippen LogP contribution is 2.28. The van der Waals surface area contributed by atoms with E-state index < -0.39 is 0 Å². The number of aromatic hydroxyl groups is 1. The number of anilines is 1. The van der Waals surface area contributed by atoms with Crippen molar-refractivity contribution in [2.45, 2.75) is 32.2 Å². The van der Waals surface area contributed by atoms with E-state index in [-0.39, 0.29) is 5.75 Å². The average Bonchev–Trinajstić information content (AvgIpc) is 3.56. The molecule has 0 saturated carbocycles. The number of amidine groups is 1. The summed E-state index contributed by atoms with van der Waals surface area (Å²) in [5.41, 5.74) is 12.1. The molecule has 1 atom stereocenters. The van der Waals surface area contributed by atoms with Gasteiger partial charge in [0.2, 0.25) is 0 Å². The molecule has 1 aromatic carbocycles. The maximum Gasteiger partial charge on any atom is 0.135 e. The summed E-state index contributed by atoms with van der Waals surface area (Å²) in [5, 5.41) is 25.7. The lowest BCUT2D eigenvalue weighted by atomic mass is 10.1. The molecule has 0 spiro atoms. The van der Waals surface area contributed by atoms with E-state index >= 15 is 0 Å². The Bertz CT molecular complexity index is 1320. The highest BCUT2D eigenvalue weighted by Gasteiger charge is 2.19. The maximum atomic E-state index is 9.86. The number of aryl methyl sites for hydroxylation is 1. The topological polar surface area (TPSA) is 122 Å². The summed E-state index contributed by atoms with van der Waals surface area (Å²) < 4.78 is 1.79. The third-order valence-corrected chi connectivity index (χ3v) is 6.16. The molecule has 5 N–H and O–H groups in total. The minimum absolute atomic E-state index is 0.207. The zero-order valence-electron chi connectivity index (χ0n) is 20.7. The molecule has 36 heavy (non-hydrogen) atoms. The first-order valence-corrected chi connectivity index (χ1v) is 12.1. The van der Waals surface area contributed by atoms with Crippen molar-refractivity contribution in [2.24, 2.45) is 15.9 Å². The van der Waals surface area contributed by atoms with Gasteiger partial charge in [-0.15, -0.1) is 0 Å². The summed E-state index contributed by atoms with van der Waals surface area (Å²) in [5.74, 6) is 0.547. The molecule has 0 amide bonds. The van der Waals surface area contributed by atoms with Crippen LogP contribution in [0.15, 0.2) is 71.6 Å². The number of nitrogens with one attached hydrogen (secondary N) is 2. The lowest BCUT2D eigenvalue weighted by molar-refractivity contribution is 0.214. The summed E-state index contributed by atoms with van der Waals surface area (Å²) in [6.45, 7) is 7.52. The number of phenols is 1. The molecule has 188 valence electrons. The Labute approximate surface area is 211 Å². The van der Waals surface area contributed by atoms with Crippen LogP contribution >= 0.6 is 0 Å². The van der Waals surface area contributed by atoms with E-state index in [2.05, 4.69) is 27.5 Å². The fourth-order valence-electron chi connectivity index (χ4n) is 4.32. The molecule has 4 rings (SSSR count). The van der Waals surface area contributed by atoms with Gasteiger partial charge in [0.05, 0.1) is 28.7 Å². The van der Waals surface area contributed by atoms with Gasteiger partial charge >= 0.3 is 0 Å². The molecule has 3 aromatic rings. The van der Waals surface area contributed by atoms with E-state index in [0.717, 1.165) is 60.4 Å². The average molecular weight is 488 g/mol. The first-order chi connectivity index (χ1) is 17.5. The third kappa shape index (κ3) is 5.58. The van der Waals surface area contributed by atoms with Crippen molar-refractivity contribution in [2.75, 3.05) is 25.5 Å². The maximum absolute atomic E-state index is 9.86. The zero-order chi connectivity index (χ0) is 25.5. The van der Waals surface area contributed by atoms with Crippen LogP contribution in [0.5, 0.6) is 5.75 Å². The van der Waals surface area contributed by atoms with Crippen molar-refractivity contribution in [1.82, 2.24) is 14.9 Å². The van der Waals surface area contributed by atoms with E-state index in [0.29, 0.717) is 23.2 Å². The fraction of sp³-hybridized carbons (Fsp3) is 0.296. The molecule has 1 aliphatic rings. The second-order valence-electron chi connectivity index (χ2n) is 8.58. The summed E-state index contributed by atoms with van der Waals surface area (Å²) in [6, 6.07) is 7.48. The number of fused-ring (bicyclic) bond motifs is 1. The number of allylic oxidation sites excluding steroid dienone is 3. The first kappa shape index (κ1) is 25.0. The monoisotopic (exact) mass is 487 g/mol. The smallest absolute Gasteiger partial charge is 0.135 e. The molecule has 9 nitrogen and oxygen atoms in total. The summed E-state index contributed by atoms with van der Waals surface area (Å²) in [7, 11) is 1.51. The van der Waals surface area contributed by atoms with Gasteiger partial charge < -0.3 is 26.3 Å². The second kappa shape index (κ2) is 11.5. The van der Waals surface area contributed by atoms with Crippen LogP contribution in [0.25, 0.3) is 5.52 Å². The molecule has 1 fully saturated rings. The van der Waals surface area contributed by atoms with E-state index in [1.807, 2.05) is 25.3 Å². The van der Waals surface area contributed by atoms with Gasteiger partial charge in [0.25, 0.3) is 0 Å². The predicted molar refractivity (Wildman–Crippen MR) is 145 cm³/mol. The van der Waals surface area contributed by atoms with Crippen LogP contribution in [0.4, 0.5) is 11.4 Å². The van der Waals surface area contributed by atoms with Crippen molar-refractivity contribution in [3.8, 4) is 5.75 Å². The van der Waals surface area contributed by atoms with Crippen molar-refractivity contribution in [3.05, 3.63) is 78.2 Å². The number of oxime groups is 1. The normalized spacial score (nSPS) is 16.7. The van der Waals surface area contributed by atoms with Crippen LogP contribution in [-0.2, 0) is 11.3 Å². The largest absolute Gasteiger partial charge is 0.508 e. The number of hydrogen-bond donors (Lipinski definition) is 4. The van der Waals surface area contributed by atoms with Crippen molar-refractivity contribution in [1.29, 1.82) is 0 Å². The zero-order valence-corrected chi connectivity index (χ0v) is 20.7. The molecule has 1 unspecified atom stereocenters. The van der Waals surface area contributed by atoms with E-state index in [1.54, 1.807) is 41.1 Å². The number of phenolic OH excluding ortho intramolecular Hbond substituents is 1. The Morgan fingerprint density at radius 1 is 1.42 bits per heavy atom. The minimum atomic E-state index is 0.207. The quantitative estimate of drug-likeness (QED) is 0.149. The van der Waals surface area contributed by atoms with Gasteiger partial charge in [-0.25, -0.2) is 9.51 Å². The van der Waals surface area contributed by atoms with Gasteiger partial charge in [-0.05, 0) is 61.7 Å². The molecule has 0 aliphatic carbocycles. The Kier molecular flexibility index (Phi) is 8.02. The van der Waals surface area contributed by atoms with Crippen LogP contribution in [0, 0.1) is 0 Å². The summed E-state index contributed by atoms with van der Waals surface area (Å²) in [6.07, 6.45) is 11.9. The van der Waals surface area contributed by atoms with Crippen LogP contribution in [-0.4, -0.2) is 52.5 Å². The van der Waals surface area contributed by atoms with Crippen LogP contribution in [0.3, 0.4) is 0 Å². The summed E-state index contributed by atoms with van der Waals surface area (Å²) in [4.78, 5) is 9.76. The number of aliphatic imine (C=N–C) groups is 1. The number of hydrogen-bond acceptors (Lipinski definition) is 7. The highest BCUT2D eigenvalue weighted by atomic mass is 16.6. The molecule has 9 heteroatoms. The molecule has 0 bridgehead atoms. The third-order valence-electron chi connectivity index (χ3n) is 6.16. The van der Waals surface area contributed by atoms with Crippen LogP contribution in [0.2, 0.25) is 0 Å². The van der Waals surface area contributed by atoms with E-state index in [9.17, 15) is 5.11 Å². The van der Waals surface area contributed by atoms with Gasteiger partial charge in [-0.3, -0.25) is 0 Å². The Morgan fingerprint density at radius 2 is 2.28 bits per heavy atom. The number of nitrogens with zero attached hydrogens (tertiary/aromatic N) is 4. The SMILES string of the molecule is C=C/C=C\C(=N\OC)c1cc2c(NCC3CCCN3)c(C(N)=Nc3ccc(O)cc3CC)cnn2c1. The molecule has 2 aromatic heterocycles. The number of rotatable bonds is 10. The van der Waals surface area contributed by atoms with E-state index in [1.165, 1.54) is 7.11 Å². The van der Waals surface area contributed by atoms with Crippen molar-refractivity contribution in [3.63, 3.8) is 0 Å². The Balaban J connectivity index is 1.80. The number of benzene rings is 1. The van der Waals surface area contributed by atoms with Gasteiger partial charge in [-0.2, -0.15) is 5.10 Å². The molecular formula is C27H33N7O2. The van der Waals surface area contributed by atoms with Gasteiger partial charge in [0, 0.05) is 24.3 Å². The lowest BCUT2D eigenvalue weighted by Crippen LogP contribution is -2.30. The van der Waals surface area contributed by atoms with Gasteiger partial charge in [-0.1, -0.05) is 30.8 Å². The highest BCUT2D eigenvalue weighted by molar-refractivity contribution is 6.11. The lowest BCUT2D eigenvalue weighted by Gasteiger charge is -2.17. The molecule has 0 radical (unpaired) electrons. The van der Waals surface area contributed by atoms with Crippen LogP contribution in [0.1, 0.15) is 36.5 Å². The van der Waals surface area contributed by atoms with Crippen molar-refractivity contribution >= 4 is 28.4 Å². The van der Waals surface area contributed by atoms with Crippen LogP contribution < -0.4 is 16.4 Å². The predicted octanol–water partition coefficient (Wildman–Crippen LogP) is 3.90. The second-order valence-corrected chi connectivity index (χ2v) is 8.58. The molecule has 3 heterocycles. The Morgan fingerprint density at radius 3 is 3.00 bits per heavy atom. The molecule has 1 saturated heterocycles. The summed E-state index contributed by atoms with van der Waals surface area (Å²) >= 11 is 0. The van der Waals surface area contributed by atoms with E-state index in [4.69, 9.17) is 15.6 Å². The van der Waals surface area contributed by atoms with Crippen molar-refractivity contribution < 1.29 is 9.94 Å². The standard InChI is InChI=1S/C27H33N7O2/c1-4-6-9-24(33-36-3)19-14-25-26(30-15-20-8-7-12-29-20)22(16-31-34(25)17-19)27(28)32-23-11-10-21(35)13-18(23)5-2/h4,6,9-11,13-14,16-17,20,29-30,35H,1,5,7-8,12,15H2,2-3H3,(H2,28,32)/b9-6-,33-24-. The molecular weight excluding hydrogens is 454 g/mol.